The monoisotopic (exact) mass is 447 g/mol. The van der Waals surface area contributed by atoms with E-state index >= 15 is 0 Å². The molecular weight excluding hydrogens is 430 g/mol. The Morgan fingerprint density at radius 1 is 1.27 bits per heavy atom. The second-order valence-corrected chi connectivity index (χ2v) is 8.07. The number of fused-ring (bicyclic) bond motifs is 1. The number of benzene rings is 2. The van der Waals surface area contributed by atoms with Gasteiger partial charge < -0.3 is 24.8 Å². The summed E-state index contributed by atoms with van der Waals surface area (Å²) in [6, 6.07) is 10.2. The zero-order valence-electron chi connectivity index (χ0n) is 15.9. The number of carbonyl (C=O) groups is 2. The van der Waals surface area contributed by atoms with E-state index in [1.807, 2.05) is 0 Å². The standard InChI is InChI=1S/C20H18ClN3O5S/c1-27-14-4-2-11(21)8-13(14)23-18(25)10-17-19(26)24-20(30-17)22-12-3-5-15-16(9-12)29-7-6-28-15/h2-5,8-9,17H,6-7,10H2,1H3,(H,23,25)(H,22,24,26). The molecule has 4 rings (SSSR count). The van der Waals surface area contributed by atoms with Gasteiger partial charge in [0.15, 0.2) is 16.7 Å². The van der Waals surface area contributed by atoms with Gasteiger partial charge in [-0.05, 0) is 30.3 Å². The van der Waals surface area contributed by atoms with E-state index in [4.69, 9.17) is 25.8 Å². The highest BCUT2D eigenvalue weighted by atomic mass is 35.5. The molecule has 0 aromatic heterocycles. The molecule has 1 unspecified atom stereocenters. The molecule has 2 heterocycles. The summed E-state index contributed by atoms with van der Waals surface area (Å²) in [6.07, 6.45) is -0.0215. The van der Waals surface area contributed by atoms with Crippen molar-refractivity contribution >= 4 is 51.7 Å². The van der Waals surface area contributed by atoms with Gasteiger partial charge in [-0.3, -0.25) is 9.59 Å². The predicted molar refractivity (Wildman–Crippen MR) is 115 cm³/mol. The minimum atomic E-state index is -0.592. The first-order chi connectivity index (χ1) is 14.5. The van der Waals surface area contributed by atoms with E-state index in [9.17, 15) is 9.59 Å². The van der Waals surface area contributed by atoms with Crippen molar-refractivity contribution < 1.29 is 23.8 Å². The summed E-state index contributed by atoms with van der Waals surface area (Å²) in [4.78, 5) is 29.2. The Morgan fingerprint density at radius 2 is 2.07 bits per heavy atom. The Kier molecular flexibility index (Phi) is 6.01. The van der Waals surface area contributed by atoms with Gasteiger partial charge in [0, 0.05) is 17.5 Å². The van der Waals surface area contributed by atoms with Gasteiger partial charge in [0.1, 0.15) is 24.2 Å². The van der Waals surface area contributed by atoms with Crippen LogP contribution in [0.5, 0.6) is 17.2 Å². The van der Waals surface area contributed by atoms with Crippen LogP contribution in [0.4, 0.5) is 11.4 Å². The van der Waals surface area contributed by atoms with Gasteiger partial charge in [0.25, 0.3) is 0 Å². The number of anilines is 1. The molecule has 2 aromatic rings. The molecule has 1 fully saturated rings. The highest BCUT2D eigenvalue weighted by molar-refractivity contribution is 8.15. The molecule has 1 atom stereocenters. The Balaban J connectivity index is 1.41. The number of ether oxygens (including phenoxy) is 3. The number of hydrogen-bond donors (Lipinski definition) is 2. The molecule has 0 bridgehead atoms. The summed E-state index contributed by atoms with van der Waals surface area (Å²) >= 11 is 7.19. The fourth-order valence-corrected chi connectivity index (χ4v) is 4.12. The van der Waals surface area contributed by atoms with Gasteiger partial charge in [-0.25, -0.2) is 4.99 Å². The maximum absolute atomic E-state index is 12.4. The Hall–Kier alpha value is -2.91. The van der Waals surface area contributed by atoms with E-state index in [2.05, 4.69) is 15.6 Å². The van der Waals surface area contributed by atoms with Crippen LogP contribution >= 0.6 is 23.4 Å². The second kappa shape index (κ2) is 8.85. The number of amides is 2. The lowest BCUT2D eigenvalue weighted by Gasteiger charge is -2.18. The number of carbonyl (C=O) groups excluding carboxylic acids is 2. The fraction of sp³-hybridized carbons (Fsp3) is 0.250. The summed E-state index contributed by atoms with van der Waals surface area (Å²) in [5.41, 5.74) is 1.07. The largest absolute Gasteiger partial charge is 0.495 e. The maximum Gasteiger partial charge on any atom is 0.240 e. The molecule has 2 N–H and O–H groups in total. The molecular formula is C20H18ClN3O5S. The topological polar surface area (TPSA) is 98.2 Å². The molecule has 10 heteroatoms. The summed E-state index contributed by atoms with van der Waals surface area (Å²) in [5.74, 6) is 1.16. The van der Waals surface area contributed by atoms with Crippen molar-refractivity contribution in [2.75, 3.05) is 25.6 Å². The summed E-state index contributed by atoms with van der Waals surface area (Å²) in [6.45, 7) is 0.991. The van der Waals surface area contributed by atoms with E-state index in [-0.39, 0.29) is 18.2 Å². The number of methoxy groups -OCH3 is 1. The minimum absolute atomic E-state index is 0.0215. The van der Waals surface area contributed by atoms with E-state index in [0.717, 1.165) is 0 Å². The summed E-state index contributed by atoms with van der Waals surface area (Å²) < 4.78 is 16.3. The van der Waals surface area contributed by atoms with Crippen molar-refractivity contribution in [2.45, 2.75) is 11.7 Å². The first-order valence-electron chi connectivity index (χ1n) is 9.11. The van der Waals surface area contributed by atoms with Crippen molar-refractivity contribution in [2.24, 2.45) is 4.99 Å². The molecule has 2 amide bonds. The average molecular weight is 448 g/mol. The van der Waals surface area contributed by atoms with Crippen molar-refractivity contribution in [1.82, 2.24) is 5.32 Å². The summed E-state index contributed by atoms with van der Waals surface area (Å²) in [5, 5.41) is 5.75. The quantitative estimate of drug-likeness (QED) is 0.729. The molecule has 156 valence electrons. The van der Waals surface area contributed by atoms with Gasteiger partial charge in [-0.15, -0.1) is 0 Å². The van der Waals surface area contributed by atoms with Crippen LogP contribution in [0.3, 0.4) is 0 Å². The molecule has 0 saturated carbocycles. The van der Waals surface area contributed by atoms with Crippen molar-refractivity contribution in [3.63, 3.8) is 0 Å². The number of hydrogen-bond acceptors (Lipinski definition) is 7. The lowest BCUT2D eigenvalue weighted by Crippen LogP contribution is -2.28. The van der Waals surface area contributed by atoms with Crippen LogP contribution in [0.2, 0.25) is 5.02 Å². The third-order valence-corrected chi connectivity index (χ3v) is 5.66. The van der Waals surface area contributed by atoms with Crippen molar-refractivity contribution in [1.29, 1.82) is 0 Å². The zero-order valence-corrected chi connectivity index (χ0v) is 17.5. The number of thioether (sulfide) groups is 1. The van der Waals surface area contributed by atoms with Crippen LogP contribution in [0.15, 0.2) is 41.4 Å². The smallest absolute Gasteiger partial charge is 0.240 e. The van der Waals surface area contributed by atoms with Gasteiger partial charge in [0.05, 0.1) is 18.5 Å². The van der Waals surface area contributed by atoms with Crippen LogP contribution in [-0.2, 0) is 9.59 Å². The third kappa shape index (κ3) is 4.63. The minimum Gasteiger partial charge on any atom is -0.495 e. The van der Waals surface area contributed by atoms with Gasteiger partial charge in [0.2, 0.25) is 11.8 Å². The highest BCUT2D eigenvalue weighted by Crippen LogP contribution is 2.35. The van der Waals surface area contributed by atoms with Crippen LogP contribution in [0.25, 0.3) is 0 Å². The Labute approximate surface area is 181 Å². The number of aliphatic imine (C=N–C) groups is 1. The third-order valence-electron chi connectivity index (χ3n) is 4.34. The Morgan fingerprint density at radius 3 is 2.87 bits per heavy atom. The van der Waals surface area contributed by atoms with Crippen LogP contribution < -0.4 is 24.8 Å². The number of nitrogens with zero attached hydrogens (tertiary/aromatic N) is 1. The van der Waals surface area contributed by atoms with Crippen molar-refractivity contribution in [3.05, 3.63) is 41.4 Å². The average Bonchev–Trinajstić information content (AvgIpc) is 3.06. The van der Waals surface area contributed by atoms with Crippen LogP contribution in [0, 0.1) is 0 Å². The SMILES string of the molecule is COc1ccc(Cl)cc1NC(=O)CC1SC(=Nc2ccc3c(c2)OCCO3)NC1=O. The molecule has 0 spiro atoms. The first-order valence-corrected chi connectivity index (χ1v) is 10.4. The molecule has 0 aliphatic carbocycles. The van der Waals surface area contributed by atoms with Crippen LogP contribution in [0.1, 0.15) is 6.42 Å². The second-order valence-electron chi connectivity index (χ2n) is 6.44. The highest BCUT2D eigenvalue weighted by Gasteiger charge is 2.32. The molecule has 2 aliphatic rings. The zero-order chi connectivity index (χ0) is 21.1. The van der Waals surface area contributed by atoms with E-state index in [0.29, 0.717) is 52.0 Å². The van der Waals surface area contributed by atoms with Gasteiger partial charge >= 0.3 is 0 Å². The maximum atomic E-state index is 12.4. The number of halogens is 1. The first kappa shape index (κ1) is 20.4. The lowest BCUT2D eigenvalue weighted by molar-refractivity contribution is -0.122. The van der Waals surface area contributed by atoms with Gasteiger partial charge in [-0.1, -0.05) is 23.4 Å². The predicted octanol–water partition coefficient (Wildman–Crippen LogP) is 3.37. The number of rotatable bonds is 5. The lowest BCUT2D eigenvalue weighted by atomic mass is 10.2. The molecule has 30 heavy (non-hydrogen) atoms. The van der Waals surface area contributed by atoms with Crippen LogP contribution in [-0.4, -0.2) is 42.6 Å². The number of nitrogens with one attached hydrogen (secondary N) is 2. The van der Waals surface area contributed by atoms with E-state index in [1.165, 1.54) is 18.9 Å². The van der Waals surface area contributed by atoms with Gasteiger partial charge in [-0.2, -0.15) is 0 Å². The van der Waals surface area contributed by atoms with E-state index < -0.39 is 5.25 Å². The Bertz CT molecular complexity index is 1030. The molecule has 1 saturated heterocycles. The fourth-order valence-electron chi connectivity index (χ4n) is 2.96. The number of amidine groups is 1. The molecule has 2 aromatic carbocycles. The molecule has 2 aliphatic heterocycles. The summed E-state index contributed by atoms with van der Waals surface area (Å²) in [7, 11) is 1.50. The molecule has 8 nitrogen and oxygen atoms in total. The van der Waals surface area contributed by atoms with E-state index in [1.54, 1.807) is 36.4 Å². The van der Waals surface area contributed by atoms with Crippen molar-refractivity contribution in [3.8, 4) is 17.2 Å². The molecule has 0 radical (unpaired) electrons. The normalized spacial score (nSPS) is 18.8.